The summed E-state index contributed by atoms with van der Waals surface area (Å²) in [7, 11) is 0. The van der Waals surface area contributed by atoms with Crippen molar-refractivity contribution >= 4 is 46.5 Å². The Kier molecular flexibility index (Phi) is 3.99. The number of hydrogen-bond acceptors (Lipinski definition) is 4. The van der Waals surface area contributed by atoms with Gasteiger partial charge in [0.1, 0.15) is 0 Å². The van der Waals surface area contributed by atoms with Gasteiger partial charge >= 0.3 is 5.97 Å². The number of carbonyl (C=O) groups excluding carboxylic acids is 2. The molecule has 2 N–H and O–H groups in total. The molecule has 1 aromatic rings. The molecule has 23 heavy (non-hydrogen) atoms. The Morgan fingerprint density at radius 2 is 1.78 bits per heavy atom. The summed E-state index contributed by atoms with van der Waals surface area (Å²) in [6.07, 6.45) is 0.395. The number of carboxylic acid groups (broad SMARTS) is 1. The van der Waals surface area contributed by atoms with Crippen LogP contribution in [0.5, 0.6) is 0 Å². The Balaban J connectivity index is 1.75. The zero-order valence-corrected chi connectivity index (χ0v) is 13.0. The molecule has 0 bridgehead atoms. The molecule has 1 aromatic carbocycles. The fraction of sp³-hybridized carbons (Fsp3) is 0.333. The zero-order valence-electron chi connectivity index (χ0n) is 12.2. The lowest BCUT2D eigenvalue weighted by Crippen LogP contribution is -2.49. The second-order valence-corrected chi connectivity index (χ2v) is 5.90. The number of carbonyl (C=O) groups is 3. The molecule has 0 aliphatic carbocycles. The molecule has 8 heteroatoms. The molecule has 0 radical (unpaired) electrons. The molecule has 7 nitrogen and oxygen atoms in total. The lowest BCUT2D eigenvalue weighted by molar-refractivity contribution is -0.141. The molecule has 2 saturated heterocycles. The lowest BCUT2D eigenvalue weighted by Gasteiger charge is -2.29. The SMILES string of the molecule is O=C1CCN(c2ccc(N3CC(C(=O)O)CC3=O)cc2)C(=S)N1. The van der Waals surface area contributed by atoms with E-state index < -0.39 is 11.9 Å². The normalized spacial score (nSPS) is 21.6. The predicted molar refractivity (Wildman–Crippen MR) is 87.2 cm³/mol. The van der Waals surface area contributed by atoms with Gasteiger partial charge in [-0.1, -0.05) is 0 Å². The van der Waals surface area contributed by atoms with Crippen LogP contribution in [0.15, 0.2) is 24.3 Å². The van der Waals surface area contributed by atoms with Crippen molar-refractivity contribution in [1.29, 1.82) is 0 Å². The molecule has 2 amide bonds. The third-order valence-corrected chi connectivity index (χ3v) is 4.32. The van der Waals surface area contributed by atoms with Crippen molar-refractivity contribution in [2.24, 2.45) is 5.92 Å². The maximum absolute atomic E-state index is 11.9. The number of carboxylic acids is 1. The number of rotatable bonds is 3. The van der Waals surface area contributed by atoms with Gasteiger partial charge in [0.25, 0.3) is 0 Å². The van der Waals surface area contributed by atoms with Crippen LogP contribution in [0.1, 0.15) is 12.8 Å². The van der Waals surface area contributed by atoms with E-state index in [2.05, 4.69) is 5.32 Å². The van der Waals surface area contributed by atoms with Crippen molar-refractivity contribution < 1.29 is 19.5 Å². The summed E-state index contributed by atoms with van der Waals surface area (Å²) < 4.78 is 0. The minimum Gasteiger partial charge on any atom is -0.481 e. The van der Waals surface area contributed by atoms with Crippen LogP contribution in [0.3, 0.4) is 0 Å². The first-order chi connectivity index (χ1) is 11.0. The molecule has 120 valence electrons. The van der Waals surface area contributed by atoms with Crippen molar-refractivity contribution in [3.63, 3.8) is 0 Å². The van der Waals surface area contributed by atoms with Gasteiger partial charge in [0, 0.05) is 37.3 Å². The van der Waals surface area contributed by atoms with Crippen molar-refractivity contribution in [2.45, 2.75) is 12.8 Å². The monoisotopic (exact) mass is 333 g/mol. The van der Waals surface area contributed by atoms with E-state index in [1.165, 1.54) is 4.90 Å². The highest BCUT2D eigenvalue weighted by atomic mass is 32.1. The van der Waals surface area contributed by atoms with E-state index in [1.54, 1.807) is 24.3 Å². The van der Waals surface area contributed by atoms with Crippen LogP contribution in [-0.2, 0) is 14.4 Å². The molecule has 3 rings (SSSR count). The lowest BCUT2D eigenvalue weighted by atomic mass is 10.1. The van der Waals surface area contributed by atoms with E-state index in [0.717, 1.165) is 5.69 Å². The average Bonchev–Trinajstić information content (AvgIpc) is 2.90. The van der Waals surface area contributed by atoms with Crippen LogP contribution >= 0.6 is 12.2 Å². The topological polar surface area (TPSA) is 90.0 Å². The van der Waals surface area contributed by atoms with Gasteiger partial charge in [0.05, 0.1) is 5.92 Å². The van der Waals surface area contributed by atoms with E-state index in [1.807, 2.05) is 4.90 Å². The number of aliphatic carboxylic acids is 1. The molecule has 0 saturated carbocycles. The van der Waals surface area contributed by atoms with Crippen LogP contribution in [0.25, 0.3) is 0 Å². The van der Waals surface area contributed by atoms with Gasteiger partial charge in [0.15, 0.2) is 5.11 Å². The standard InChI is InChI=1S/C15H15N3O4S/c19-12-5-6-17(15(23)16-12)10-1-3-11(4-2-10)18-8-9(14(21)22)7-13(18)20/h1-4,9H,5-8H2,(H,21,22)(H,16,19,23). The summed E-state index contributed by atoms with van der Waals surface area (Å²) in [4.78, 5) is 37.5. The second kappa shape index (κ2) is 5.96. The van der Waals surface area contributed by atoms with Crippen molar-refractivity contribution in [1.82, 2.24) is 5.32 Å². The van der Waals surface area contributed by atoms with Crippen LogP contribution in [0, 0.1) is 5.92 Å². The Morgan fingerprint density at radius 3 is 2.30 bits per heavy atom. The Morgan fingerprint density at radius 1 is 1.17 bits per heavy atom. The summed E-state index contributed by atoms with van der Waals surface area (Å²) in [5.74, 6) is -1.89. The maximum atomic E-state index is 11.9. The highest BCUT2D eigenvalue weighted by Crippen LogP contribution is 2.27. The highest BCUT2D eigenvalue weighted by Gasteiger charge is 2.35. The zero-order chi connectivity index (χ0) is 16.6. The Bertz CT molecular complexity index is 688. The molecule has 1 unspecified atom stereocenters. The Labute approximate surface area is 137 Å². The van der Waals surface area contributed by atoms with Crippen molar-refractivity contribution in [3.8, 4) is 0 Å². The third kappa shape index (κ3) is 3.02. The van der Waals surface area contributed by atoms with Gasteiger partial charge in [-0.3, -0.25) is 14.4 Å². The summed E-state index contributed by atoms with van der Waals surface area (Å²) in [5.41, 5.74) is 1.48. The van der Waals surface area contributed by atoms with Crippen LogP contribution in [0.4, 0.5) is 11.4 Å². The predicted octanol–water partition coefficient (Wildman–Crippen LogP) is 0.735. The van der Waals surface area contributed by atoms with Gasteiger partial charge in [-0.25, -0.2) is 0 Å². The number of hydrogen-bond donors (Lipinski definition) is 2. The van der Waals surface area contributed by atoms with E-state index in [0.29, 0.717) is 23.8 Å². The minimum absolute atomic E-state index is 0.0271. The maximum Gasteiger partial charge on any atom is 0.308 e. The number of benzene rings is 1. The first kappa shape index (κ1) is 15.4. The van der Waals surface area contributed by atoms with Gasteiger partial charge in [-0.15, -0.1) is 0 Å². The highest BCUT2D eigenvalue weighted by molar-refractivity contribution is 7.80. The van der Waals surface area contributed by atoms with E-state index in [-0.39, 0.29) is 24.8 Å². The smallest absolute Gasteiger partial charge is 0.308 e. The number of amides is 2. The largest absolute Gasteiger partial charge is 0.481 e. The number of thiocarbonyl (C=S) groups is 1. The Hall–Kier alpha value is -2.48. The summed E-state index contributed by atoms with van der Waals surface area (Å²) in [6, 6.07) is 7.13. The third-order valence-electron chi connectivity index (χ3n) is 4.00. The molecular formula is C15H15N3O4S. The van der Waals surface area contributed by atoms with Crippen molar-refractivity contribution in [2.75, 3.05) is 22.9 Å². The number of anilines is 2. The molecule has 2 aliphatic rings. The van der Waals surface area contributed by atoms with Crippen LogP contribution in [0.2, 0.25) is 0 Å². The van der Waals surface area contributed by atoms with Crippen LogP contribution in [-0.4, -0.2) is 41.1 Å². The molecule has 2 fully saturated rings. The molecule has 2 heterocycles. The van der Waals surface area contributed by atoms with Gasteiger partial charge in [-0.2, -0.15) is 0 Å². The van der Waals surface area contributed by atoms with E-state index in [4.69, 9.17) is 17.3 Å². The second-order valence-electron chi connectivity index (χ2n) is 5.51. The average molecular weight is 333 g/mol. The van der Waals surface area contributed by atoms with Gasteiger partial charge in [-0.05, 0) is 36.5 Å². The van der Waals surface area contributed by atoms with Gasteiger partial charge in [0.2, 0.25) is 11.8 Å². The van der Waals surface area contributed by atoms with Gasteiger partial charge < -0.3 is 20.2 Å². The fourth-order valence-corrected chi connectivity index (χ4v) is 3.06. The number of nitrogens with zero attached hydrogens (tertiary/aromatic N) is 2. The fourth-order valence-electron chi connectivity index (χ4n) is 2.75. The summed E-state index contributed by atoms with van der Waals surface area (Å²) >= 11 is 5.15. The molecule has 0 spiro atoms. The summed E-state index contributed by atoms with van der Waals surface area (Å²) in [6.45, 7) is 0.694. The number of nitrogens with one attached hydrogen (secondary N) is 1. The quantitative estimate of drug-likeness (QED) is 0.793. The summed E-state index contributed by atoms with van der Waals surface area (Å²) in [5, 5.41) is 12.0. The van der Waals surface area contributed by atoms with E-state index >= 15 is 0 Å². The minimum atomic E-state index is -0.952. The van der Waals surface area contributed by atoms with E-state index in [9.17, 15) is 14.4 Å². The molecular weight excluding hydrogens is 318 g/mol. The molecule has 1 atom stereocenters. The van der Waals surface area contributed by atoms with Crippen LogP contribution < -0.4 is 15.1 Å². The first-order valence-electron chi connectivity index (χ1n) is 7.20. The first-order valence-corrected chi connectivity index (χ1v) is 7.61. The van der Waals surface area contributed by atoms with Crippen molar-refractivity contribution in [3.05, 3.63) is 24.3 Å². The molecule has 2 aliphatic heterocycles. The molecule has 0 aromatic heterocycles.